The number of aromatic nitrogens is 3. The zero-order chi connectivity index (χ0) is 23.4. The van der Waals surface area contributed by atoms with Crippen molar-refractivity contribution in [1.29, 1.82) is 0 Å². The van der Waals surface area contributed by atoms with E-state index in [9.17, 15) is 13.2 Å². The van der Waals surface area contributed by atoms with Crippen LogP contribution in [0.4, 0.5) is 24.7 Å². The Morgan fingerprint density at radius 2 is 1.88 bits per heavy atom. The standard InChI is InChI=1S/C22H19ClF3N5O2/c1-27-8-10-31-9-7-18-20(31)21(29-13-28-18)30-14-5-6-19(17(23)11-14)32-15-3-2-4-16(12-15)33-22(24,25)26/h2-7,9,11-13,27H,8,10H2,1H3,(H,28,29,30). The molecular formula is C22H19ClF3N5O2. The van der Waals surface area contributed by atoms with E-state index >= 15 is 0 Å². The molecule has 0 radical (unpaired) electrons. The normalized spacial score (nSPS) is 11.5. The van der Waals surface area contributed by atoms with Gasteiger partial charge in [0.15, 0.2) is 5.82 Å². The first-order valence-corrected chi connectivity index (χ1v) is 10.2. The Morgan fingerprint density at radius 3 is 2.64 bits per heavy atom. The molecule has 0 aliphatic carbocycles. The van der Waals surface area contributed by atoms with Gasteiger partial charge in [0.2, 0.25) is 0 Å². The van der Waals surface area contributed by atoms with E-state index < -0.39 is 6.36 Å². The summed E-state index contributed by atoms with van der Waals surface area (Å²) in [5.41, 5.74) is 2.31. The molecule has 11 heteroatoms. The third-order valence-corrected chi connectivity index (χ3v) is 4.91. The van der Waals surface area contributed by atoms with Crippen molar-refractivity contribution in [3.63, 3.8) is 0 Å². The van der Waals surface area contributed by atoms with Crippen molar-refractivity contribution in [3.05, 3.63) is 66.1 Å². The van der Waals surface area contributed by atoms with Gasteiger partial charge in [-0.15, -0.1) is 13.2 Å². The van der Waals surface area contributed by atoms with Crippen LogP contribution in [0.15, 0.2) is 61.1 Å². The van der Waals surface area contributed by atoms with E-state index in [2.05, 4.69) is 25.3 Å². The Bertz CT molecular complexity index is 1260. The number of alkyl halides is 3. The fraction of sp³-hybridized carbons (Fsp3) is 0.182. The number of halogens is 4. The van der Waals surface area contributed by atoms with Gasteiger partial charge in [-0.05, 0) is 43.4 Å². The number of hydrogen-bond donors (Lipinski definition) is 2. The number of anilines is 2. The van der Waals surface area contributed by atoms with Crippen LogP contribution in [0.2, 0.25) is 5.02 Å². The quantitative estimate of drug-likeness (QED) is 0.337. The monoisotopic (exact) mass is 477 g/mol. The minimum absolute atomic E-state index is 0.152. The van der Waals surface area contributed by atoms with E-state index in [1.165, 1.54) is 24.5 Å². The fourth-order valence-electron chi connectivity index (χ4n) is 3.20. The molecule has 4 aromatic rings. The highest BCUT2D eigenvalue weighted by atomic mass is 35.5. The van der Waals surface area contributed by atoms with Crippen LogP contribution in [0.3, 0.4) is 0 Å². The van der Waals surface area contributed by atoms with E-state index in [-0.39, 0.29) is 22.3 Å². The Kier molecular flexibility index (Phi) is 6.57. The maximum atomic E-state index is 12.4. The average Bonchev–Trinajstić information content (AvgIpc) is 3.17. The first-order chi connectivity index (χ1) is 15.8. The lowest BCUT2D eigenvalue weighted by molar-refractivity contribution is -0.274. The molecule has 4 rings (SSSR count). The van der Waals surface area contributed by atoms with Crippen LogP contribution < -0.4 is 20.1 Å². The Hall–Kier alpha value is -3.50. The number of fused-ring (bicyclic) bond motifs is 1. The Balaban J connectivity index is 1.53. The molecular weight excluding hydrogens is 459 g/mol. The molecule has 0 saturated carbocycles. The van der Waals surface area contributed by atoms with Crippen LogP contribution in [-0.2, 0) is 6.54 Å². The zero-order valence-electron chi connectivity index (χ0n) is 17.4. The van der Waals surface area contributed by atoms with Gasteiger partial charge in [-0.3, -0.25) is 0 Å². The molecule has 7 nitrogen and oxygen atoms in total. The number of rotatable bonds is 8. The van der Waals surface area contributed by atoms with E-state index in [0.29, 0.717) is 11.5 Å². The summed E-state index contributed by atoms with van der Waals surface area (Å²) in [5.74, 6) is 0.655. The second-order valence-corrected chi connectivity index (χ2v) is 7.37. The third-order valence-electron chi connectivity index (χ3n) is 4.61. The van der Waals surface area contributed by atoms with Gasteiger partial charge in [0.25, 0.3) is 0 Å². The van der Waals surface area contributed by atoms with Crippen molar-refractivity contribution >= 4 is 34.1 Å². The SMILES string of the molecule is CNCCn1ccc2ncnc(Nc3ccc(Oc4cccc(OC(F)(F)F)c4)c(Cl)c3)c21. The first-order valence-electron chi connectivity index (χ1n) is 9.87. The summed E-state index contributed by atoms with van der Waals surface area (Å²) >= 11 is 6.37. The van der Waals surface area contributed by atoms with E-state index in [4.69, 9.17) is 16.3 Å². The molecule has 172 valence electrons. The van der Waals surface area contributed by atoms with Gasteiger partial charge in [0.05, 0.1) is 10.5 Å². The van der Waals surface area contributed by atoms with Crippen LogP contribution in [-0.4, -0.2) is 34.5 Å². The summed E-state index contributed by atoms with van der Waals surface area (Å²) in [7, 11) is 1.88. The van der Waals surface area contributed by atoms with Crippen molar-refractivity contribution in [1.82, 2.24) is 19.9 Å². The van der Waals surface area contributed by atoms with Gasteiger partial charge in [-0.25, -0.2) is 9.97 Å². The predicted octanol–water partition coefficient (Wildman–Crippen LogP) is 5.74. The molecule has 2 aromatic heterocycles. The summed E-state index contributed by atoms with van der Waals surface area (Å²) in [6, 6.07) is 12.1. The molecule has 0 aliphatic rings. The highest BCUT2D eigenvalue weighted by molar-refractivity contribution is 6.32. The second-order valence-electron chi connectivity index (χ2n) is 6.96. The number of likely N-dealkylation sites (N-methyl/N-ethyl adjacent to an activating group) is 1. The average molecular weight is 478 g/mol. The van der Waals surface area contributed by atoms with Crippen molar-refractivity contribution in [2.75, 3.05) is 18.9 Å². The summed E-state index contributed by atoms with van der Waals surface area (Å²) in [4.78, 5) is 8.66. The van der Waals surface area contributed by atoms with Gasteiger partial charge in [0, 0.05) is 31.0 Å². The summed E-state index contributed by atoms with van der Waals surface area (Å²) in [5, 5.41) is 6.61. The lowest BCUT2D eigenvalue weighted by Crippen LogP contribution is -2.17. The van der Waals surface area contributed by atoms with Crippen LogP contribution in [0, 0.1) is 0 Å². The van der Waals surface area contributed by atoms with Gasteiger partial charge < -0.3 is 24.7 Å². The van der Waals surface area contributed by atoms with E-state index in [0.717, 1.165) is 30.2 Å². The lowest BCUT2D eigenvalue weighted by atomic mass is 10.2. The highest BCUT2D eigenvalue weighted by Crippen LogP contribution is 2.35. The van der Waals surface area contributed by atoms with Crippen LogP contribution in [0.25, 0.3) is 11.0 Å². The fourth-order valence-corrected chi connectivity index (χ4v) is 3.42. The maximum Gasteiger partial charge on any atom is 0.573 e. The molecule has 0 aliphatic heterocycles. The van der Waals surface area contributed by atoms with Gasteiger partial charge in [-0.1, -0.05) is 17.7 Å². The van der Waals surface area contributed by atoms with E-state index in [1.54, 1.807) is 18.2 Å². The molecule has 0 fully saturated rings. The Morgan fingerprint density at radius 1 is 1.06 bits per heavy atom. The molecule has 0 amide bonds. The summed E-state index contributed by atoms with van der Waals surface area (Å²) in [6.45, 7) is 1.53. The largest absolute Gasteiger partial charge is 0.573 e. The molecule has 0 unspecified atom stereocenters. The summed E-state index contributed by atoms with van der Waals surface area (Å²) < 4.78 is 48.9. The van der Waals surface area contributed by atoms with Gasteiger partial charge in [0.1, 0.15) is 29.1 Å². The van der Waals surface area contributed by atoms with Gasteiger partial charge in [-0.2, -0.15) is 0 Å². The number of nitrogens with zero attached hydrogens (tertiary/aromatic N) is 3. The summed E-state index contributed by atoms with van der Waals surface area (Å²) in [6.07, 6.45) is -1.37. The van der Waals surface area contributed by atoms with Crippen LogP contribution in [0.1, 0.15) is 0 Å². The van der Waals surface area contributed by atoms with E-state index in [1.807, 2.05) is 23.9 Å². The minimum Gasteiger partial charge on any atom is -0.456 e. The third kappa shape index (κ3) is 5.65. The topological polar surface area (TPSA) is 73.2 Å². The number of hydrogen-bond acceptors (Lipinski definition) is 6. The number of benzene rings is 2. The first kappa shape index (κ1) is 22.7. The zero-order valence-corrected chi connectivity index (χ0v) is 18.1. The minimum atomic E-state index is -4.79. The number of nitrogens with one attached hydrogen (secondary N) is 2. The smallest absolute Gasteiger partial charge is 0.456 e. The lowest BCUT2D eigenvalue weighted by Gasteiger charge is -2.13. The second kappa shape index (κ2) is 9.55. The number of ether oxygens (including phenoxy) is 2. The Labute approximate surface area is 192 Å². The van der Waals surface area contributed by atoms with Gasteiger partial charge >= 0.3 is 6.36 Å². The van der Waals surface area contributed by atoms with Crippen molar-refractivity contribution in [2.45, 2.75) is 12.9 Å². The maximum absolute atomic E-state index is 12.4. The highest BCUT2D eigenvalue weighted by Gasteiger charge is 2.31. The van der Waals surface area contributed by atoms with Crippen molar-refractivity contribution < 1.29 is 22.6 Å². The van der Waals surface area contributed by atoms with Crippen LogP contribution >= 0.6 is 11.6 Å². The molecule has 0 atom stereocenters. The van der Waals surface area contributed by atoms with Crippen LogP contribution in [0.5, 0.6) is 17.2 Å². The van der Waals surface area contributed by atoms with Crippen molar-refractivity contribution in [2.24, 2.45) is 0 Å². The predicted molar refractivity (Wildman–Crippen MR) is 119 cm³/mol. The molecule has 2 aromatic carbocycles. The molecule has 2 N–H and O–H groups in total. The molecule has 2 heterocycles. The molecule has 0 saturated heterocycles. The molecule has 0 spiro atoms. The molecule has 33 heavy (non-hydrogen) atoms. The van der Waals surface area contributed by atoms with Crippen molar-refractivity contribution in [3.8, 4) is 17.2 Å². The molecule has 0 bridgehead atoms.